The van der Waals surface area contributed by atoms with Crippen molar-refractivity contribution in [3.8, 4) is 0 Å². The molecule has 2 unspecified atom stereocenters. The summed E-state index contributed by atoms with van der Waals surface area (Å²) >= 11 is 0. The van der Waals surface area contributed by atoms with Crippen LogP contribution in [0.1, 0.15) is 194 Å². The van der Waals surface area contributed by atoms with E-state index in [1.54, 1.807) is 0 Å². The molecular weight excluding hydrogens is 589 g/mol. The van der Waals surface area contributed by atoms with Crippen LogP contribution in [0.5, 0.6) is 0 Å². The fraction of sp³-hybridized carbons (Fsp3) is 0.944. The minimum Gasteiger partial charge on any atom is -0.786 e. The third-order valence-corrected chi connectivity index (χ3v) is 9.01. The highest BCUT2D eigenvalue weighted by Crippen LogP contribution is 2.27. The van der Waals surface area contributed by atoms with Gasteiger partial charge in [-0.1, -0.05) is 168 Å². The Hall–Kier alpha value is -0.790. The average Bonchev–Trinajstić information content (AvgIpc) is 3.03. The molecule has 0 aromatic rings. The van der Waals surface area contributed by atoms with Crippen LogP contribution in [0.2, 0.25) is 0 Å². The van der Waals surface area contributed by atoms with Crippen LogP contribution in [0.4, 0.5) is 0 Å². The van der Waals surface area contributed by atoms with Crippen molar-refractivity contribution in [3.63, 3.8) is 0 Å². The fourth-order valence-corrected chi connectivity index (χ4v) is 5.96. The van der Waals surface area contributed by atoms with Gasteiger partial charge in [0.15, 0.2) is 12.8 Å². The van der Waals surface area contributed by atoms with E-state index in [1.807, 2.05) is 0 Å². The molecule has 3 N–H and O–H groups in total. The Kier molecular flexibility index (Phi) is 35.4. The standard InChI is InChI=1S/C36H71NO7P/c1-3-5-7-9-11-13-15-17-19-21-23-25-27-29-35(38)41-31-34(32-42-45(40)43-33-37)44-36(39)30-28-26-24-22-20-18-16-14-12-10-8-6-4-2/h34H,3-33,37H2,1-2H3/q-1/p+1. The van der Waals surface area contributed by atoms with E-state index in [-0.39, 0.29) is 31.9 Å². The van der Waals surface area contributed by atoms with Gasteiger partial charge in [-0.15, -0.1) is 0 Å². The Morgan fingerprint density at radius 1 is 0.533 bits per heavy atom. The van der Waals surface area contributed by atoms with Crippen LogP contribution in [0.15, 0.2) is 0 Å². The maximum atomic E-state index is 12.4. The topological polar surface area (TPSA) is 122 Å². The minimum atomic E-state index is -2.36. The van der Waals surface area contributed by atoms with Gasteiger partial charge in [0, 0.05) is 12.8 Å². The minimum absolute atomic E-state index is 0.00676. The molecule has 0 amide bonds. The van der Waals surface area contributed by atoms with Crippen LogP contribution >= 0.6 is 8.60 Å². The van der Waals surface area contributed by atoms with Crippen molar-refractivity contribution in [3.05, 3.63) is 0 Å². The van der Waals surface area contributed by atoms with Gasteiger partial charge in [-0.05, 0) is 12.8 Å². The van der Waals surface area contributed by atoms with Gasteiger partial charge in [-0.25, -0.2) is 0 Å². The second kappa shape index (κ2) is 36.1. The summed E-state index contributed by atoms with van der Waals surface area (Å²) in [5.74, 6) is -0.665. The van der Waals surface area contributed by atoms with E-state index in [1.165, 1.54) is 128 Å². The summed E-state index contributed by atoms with van der Waals surface area (Å²) in [4.78, 5) is 36.5. The molecular formula is C36H72NO7P. The SMILES string of the molecule is CCCCCCCCCCCCCCCC(=O)OCC(COP([O-])OC[NH3+])OC(=O)CCCCCCCCCCCCCCC. The zero-order valence-corrected chi connectivity index (χ0v) is 30.4. The van der Waals surface area contributed by atoms with Crippen molar-refractivity contribution in [2.45, 2.75) is 200 Å². The molecule has 0 aromatic heterocycles. The van der Waals surface area contributed by atoms with E-state index in [0.717, 1.165) is 38.5 Å². The predicted octanol–water partition coefficient (Wildman–Crippen LogP) is 9.22. The highest BCUT2D eigenvalue weighted by molar-refractivity contribution is 7.39. The van der Waals surface area contributed by atoms with Crippen molar-refractivity contribution < 1.29 is 38.7 Å². The van der Waals surface area contributed by atoms with Crippen LogP contribution in [0.3, 0.4) is 0 Å². The number of ether oxygens (including phenoxy) is 2. The largest absolute Gasteiger partial charge is 0.786 e. The first-order valence-electron chi connectivity index (χ1n) is 18.9. The molecule has 0 bridgehead atoms. The number of hydrogen-bond acceptors (Lipinski definition) is 7. The number of esters is 2. The quantitative estimate of drug-likeness (QED) is 0.0307. The zero-order valence-electron chi connectivity index (χ0n) is 29.5. The van der Waals surface area contributed by atoms with Crippen LogP contribution in [-0.4, -0.2) is 38.0 Å². The van der Waals surface area contributed by atoms with Crippen molar-refractivity contribution >= 4 is 20.5 Å². The molecule has 9 heteroatoms. The molecule has 0 fully saturated rings. The van der Waals surface area contributed by atoms with Gasteiger partial charge in [0.25, 0.3) is 0 Å². The van der Waals surface area contributed by atoms with Gasteiger partial charge in [0.1, 0.15) is 6.61 Å². The third kappa shape index (κ3) is 34.4. The van der Waals surface area contributed by atoms with Gasteiger partial charge in [-0.2, -0.15) is 0 Å². The average molecular weight is 662 g/mol. The Morgan fingerprint density at radius 2 is 0.889 bits per heavy atom. The summed E-state index contributed by atoms with van der Waals surface area (Å²) in [6.07, 6.45) is 32.2. The summed E-state index contributed by atoms with van der Waals surface area (Å²) in [5, 5.41) is 0. The Balaban J connectivity index is 3.99. The Morgan fingerprint density at radius 3 is 1.27 bits per heavy atom. The summed E-state index contributed by atoms with van der Waals surface area (Å²) in [6, 6.07) is 0. The Bertz CT molecular complexity index is 641. The van der Waals surface area contributed by atoms with E-state index < -0.39 is 14.7 Å². The monoisotopic (exact) mass is 662 g/mol. The van der Waals surface area contributed by atoms with E-state index >= 15 is 0 Å². The van der Waals surface area contributed by atoms with E-state index in [2.05, 4.69) is 19.6 Å². The molecule has 0 aliphatic carbocycles. The second-order valence-electron chi connectivity index (χ2n) is 12.6. The van der Waals surface area contributed by atoms with Crippen molar-refractivity contribution in [2.24, 2.45) is 0 Å². The smallest absolute Gasteiger partial charge is 0.306 e. The molecule has 0 aliphatic rings. The first-order valence-corrected chi connectivity index (χ1v) is 20.0. The first-order chi connectivity index (χ1) is 22.0. The molecule has 2 atom stereocenters. The molecule has 0 radical (unpaired) electrons. The summed E-state index contributed by atoms with van der Waals surface area (Å²) < 4.78 is 20.9. The molecule has 0 spiro atoms. The maximum absolute atomic E-state index is 12.4. The number of quaternary nitrogens is 1. The predicted molar refractivity (Wildman–Crippen MR) is 183 cm³/mol. The van der Waals surface area contributed by atoms with Crippen LogP contribution in [0, 0.1) is 0 Å². The van der Waals surface area contributed by atoms with Gasteiger partial charge < -0.3 is 24.6 Å². The first kappa shape index (κ1) is 44.2. The molecule has 0 saturated carbocycles. The molecule has 45 heavy (non-hydrogen) atoms. The number of carbonyl (C=O) groups is 2. The highest BCUT2D eigenvalue weighted by Gasteiger charge is 2.18. The summed E-state index contributed by atoms with van der Waals surface area (Å²) in [6.45, 7) is 4.24. The molecule has 0 aliphatic heterocycles. The number of hydrogen-bond donors (Lipinski definition) is 1. The number of unbranched alkanes of at least 4 members (excludes halogenated alkanes) is 24. The van der Waals surface area contributed by atoms with Crippen molar-refractivity contribution in [1.29, 1.82) is 0 Å². The van der Waals surface area contributed by atoms with Crippen LogP contribution < -0.4 is 10.6 Å². The lowest BCUT2D eigenvalue weighted by molar-refractivity contribution is -0.419. The van der Waals surface area contributed by atoms with E-state index in [9.17, 15) is 14.5 Å². The van der Waals surface area contributed by atoms with Crippen molar-refractivity contribution in [1.82, 2.24) is 0 Å². The molecule has 0 saturated heterocycles. The lowest BCUT2D eigenvalue weighted by Crippen LogP contribution is -2.51. The third-order valence-electron chi connectivity index (χ3n) is 8.26. The van der Waals surface area contributed by atoms with E-state index in [4.69, 9.17) is 18.5 Å². The summed E-state index contributed by atoms with van der Waals surface area (Å²) in [7, 11) is -2.36. The van der Waals surface area contributed by atoms with Gasteiger partial charge >= 0.3 is 11.9 Å². The summed E-state index contributed by atoms with van der Waals surface area (Å²) in [5.41, 5.74) is 3.48. The zero-order chi connectivity index (χ0) is 33.1. The Labute approximate surface area is 278 Å². The van der Waals surface area contributed by atoms with Crippen molar-refractivity contribution in [2.75, 3.05) is 19.9 Å². The fourth-order valence-electron chi connectivity index (χ4n) is 5.45. The van der Waals surface area contributed by atoms with Crippen LogP contribution in [0.25, 0.3) is 0 Å². The normalized spacial score (nSPS) is 12.7. The second-order valence-corrected chi connectivity index (χ2v) is 13.6. The number of rotatable bonds is 36. The van der Waals surface area contributed by atoms with Crippen LogP contribution in [-0.2, 0) is 28.1 Å². The maximum Gasteiger partial charge on any atom is 0.306 e. The van der Waals surface area contributed by atoms with E-state index in [0.29, 0.717) is 12.8 Å². The lowest BCUT2D eigenvalue weighted by atomic mass is 10.0. The lowest BCUT2D eigenvalue weighted by Gasteiger charge is -2.24. The van der Waals surface area contributed by atoms with Gasteiger partial charge in [0.2, 0.25) is 0 Å². The van der Waals surface area contributed by atoms with Gasteiger partial charge in [-0.3, -0.25) is 14.1 Å². The van der Waals surface area contributed by atoms with Gasteiger partial charge in [0.05, 0.1) is 15.2 Å². The molecule has 0 heterocycles. The molecule has 268 valence electrons. The molecule has 0 rings (SSSR count). The highest BCUT2D eigenvalue weighted by atomic mass is 31.2. The molecule has 8 nitrogen and oxygen atoms in total. The number of carbonyl (C=O) groups excluding carboxylic acids is 2. The molecule has 0 aromatic carbocycles.